The van der Waals surface area contributed by atoms with Crippen molar-refractivity contribution in [2.45, 2.75) is 18.3 Å². The third-order valence-electron chi connectivity index (χ3n) is 3.23. The van der Waals surface area contributed by atoms with Gasteiger partial charge in [0.2, 0.25) is 0 Å². The van der Waals surface area contributed by atoms with Gasteiger partial charge in [0.15, 0.2) is 0 Å². The maximum absolute atomic E-state index is 11.1. The molecule has 0 amide bonds. The van der Waals surface area contributed by atoms with E-state index in [1.807, 2.05) is 0 Å². The smallest absolute Gasteiger partial charge is 0.147 e. The van der Waals surface area contributed by atoms with Gasteiger partial charge >= 0.3 is 0 Å². The average Bonchev–Trinajstić information content (AvgIpc) is 2.35. The summed E-state index contributed by atoms with van der Waals surface area (Å²) in [5, 5.41) is 19.7. The summed E-state index contributed by atoms with van der Waals surface area (Å²) in [6.07, 6.45) is 1.96. The molecule has 0 saturated carbocycles. The van der Waals surface area contributed by atoms with Crippen molar-refractivity contribution >= 4 is 21.4 Å². The number of sulfone groups is 1. The second kappa shape index (κ2) is 6.70. The maximum Gasteiger partial charge on any atom is 0.147 e. The van der Waals surface area contributed by atoms with Crippen LogP contribution in [-0.2, 0) is 15.3 Å². The molecule has 0 heterocycles. The van der Waals surface area contributed by atoms with Crippen LogP contribution in [0.15, 0.2) is 24.3 Å². The zero-order chi connectivity index (χ0) is 14.5. The SMILES string of the molecule is CS(=O)(=O)CCCC(CO)(CO)c1ccc(Cl)cc1. The molecule has 0 fully saturated rings. The Balaban J connectivity index is 2.87. The molecule has 1 aromatic rings. The Morgan fingerprint density at radius 3 is 2.11 bits per heavy atom. The minimum atomic E-state index is -3.04. The molecule has 0 radical (unpaired) electrons. The fourth-order valence-corrected chi connectivity index (χ4v) is 2.81. The topological polar surface area (TPSA) is 74.6 Å². The van der Waals surface area contributed by atoms with Gasteiger partial charge in [-0.1, -0.05) is 23.7 Å². The van der Waals surface area contributed by atoms with Gasteiger partial charge in [-0.3, -0.25) is 0 Å². The Morgan fingerprint density at radius 2 is 1.68 bits per heavy atom. The second-order valence-corrected chi connectivity index (χ2v) is 7.53. The largest absolute Gasteiger partial charge is 0.395 e. The summed E-state index contributed by atoms with van der Waals surface area (Å²) in [5.41, 5.74) is -0.0645. The van der Waals surface area contributed by atoms with Crippen LogP contribution < -0.4 is 0 Å². The summed E-state index contributed by atoms with van der Waals surface area (Å²) in [5.74, 6) is 0.0440. The second-order valence-electron chi connectivity index (χ2n) is 4.84. The van der Waals surface area contributed by atoms with Crippen LogP contribution in [0.25, 0.3) is 0 Å². The number of benzene rings is 1. The lowest BCUT2D eigenvalue weighted by atomic mass is 9.78. The normalized spacial score (nSPS) is 12.6. The third kappa shape index (κ3) is 4.76. The molecule has 108 valence electrons. The van der Waals surface area contributed by atoms with E-state index in [2.05, 4.69) is 0 Å². The molecule has 1 aromatic carbocycles. The van der Waals surface area contributed by atoms with Gasteiger partial charge in [-0.05, 0) is 30.5 Å². The van der Waals surface area contributed by atoms with Gasteiger partial charge in [-0.2, -0.15) is 0 Å². The monoisotopic (exact) mass is 306 g/mol. The minimum absolute atomic E-state index is 0.0440. The third-order valence-corrected chi connectivity index (χ3v) is 4.51. The predicted octanol–water partition coefficient (Wildman–Crippen LogP) is 1.39. The van der Waals surface area contributed by atoms with Crippen molar-refractivity contribution in [1.82, 2.24) is 0 Å². The summed E-state index contributed by atoms with van der Waals surface area (Å²) in [7, 11) is -3.04. The van der Waals surface area contributed by atoms with Crippen LogP contribution in [0, 0.1) is 0 Å². The van der Waals surface area contributed by atoms with E-state index in [1.54, 1.807) is 24.3 Å². The fraction of sp³-hybridized carbons (Fsp3) is 0.538. The van der Waals surface area contributed by atoms with E-state index in [4.69, 9.17) is 11.6 Å². The molecule has 19 heavy (non-hydrogen) atoms. The van der Waals surface area contributed by atoms with Crippen molar-refractivity contribution in [3.63, 3.8) is 0 Å². The van der Waals surface area contributed by atoms with E-state index in [1.165, 1.54) is 6.26 Å². The first-order valence-electron chi connectivity index (χ1n) is 5.98. The number of aliphatic hydroxyl groups is 2. The van der Waals surface area contributed by atoms with Crippen LogP contribution in [0.5, 0.6) is 0 Å². The highest BCUT2D eigenvalue weighted by atomic mass is 35.5. The van der Waals surface area contributed by atoms with Crippen molar-refractivity contribution in [3.8, 4) is 0 Å². The number of aliphatic hydroxyl groups excluding tert-OH is 2. The van der Waals surface area contributed by atoms with E-state index in [0.29, 0.717) is 17.9 Å². The van der Waals surface area contributed by atoms with Crippen molar-refractivity contribution in [1.29, 1.82) is 0 Å². The zero-order valence-corrected chi connectivity index (χ0v) is 12.4. The summed E-state index contributed by atoms with van der Waals surface area (Å²) in [6.45, 7) is -0.482. The number of rotatable bonds is 7. The first-order chi connectivity index (χ1) is 8.83. The van der Waals surface area contributed by atoms with E-state index in [0.717, 1.165) is 5.56 Å². The van der Waals surface area contributed by atoms with Gasteiger partial charge in [0, 0.05) is 22.4 Å². The van der Waals surface area contributed by atoms with E-state index < -0.39 is 15.3 Å². The molecule has 0 aliphatic heterocycles. The fourth-order valence-electron chi connectivity index (χ4n) is 2.01. The predicted molar refractivity (Wildman–Crippen MR) is 76.2 cm³/mol. The molecule has 0 aliphatic rings. The van der Waals surface area contributed by atoms with E-state index >= 15 is 0 Å². The quantitative estimate of drug-likeness (QED) is 0.798. The first-order valence-corrected chi connectivity index (χ1v) is 8.42. The lowest BCUT2D eigenvalue weighted by Crippen LogP contribution is -2.35. The molecular weight excluding hydrogens is 288 g/mol. The van der Waals surface area contributed by atoms with Crippen molar-refractivity contribution in [2.24, 2.45) is 0 Å². The van der Waals surface area contributed by atoms with Crippen molar-refractivity contribution < 1.29 is 18.6 Å². The van der Waals surface area contributed by atoms with Gasteiger partial charge in [-0.25, -0.2) is 8.42 Å². The Bertz CT molecular complexity index is 492. The average molecular weight is 307 g/mol. The minimum Gasteiger partial charge on any atom is -0.395 e. The molecule has 0 atom stereocenters. The van der Waals surface area contributed by atoms with Crippen LogP contribution >= 0.6 is 11.6 Å². The summed E-state index contributed by atoms with van der Waals surface area (Å²) in [4.78, 5) is 0. The van der Waals surface area contributed by atoms with Gasteiger partial charge < -0.3 is 10.2 Å². The zero-order valence-electron chi connectivity index (χ0n) is 10.8. The van der Waals surface area contributed by atoms with Crippen LogP contribution in [-0.4, -0.2) is 43.9 Å². The molecule has 2 N–H and O–H groups in total. The van der Waals surface area contributed by atoms with Crippen LogP contribution in [0.4, 0.5) is 0 Å². The van der Waals surface area contributed by atoms with Crippen LogP contribution in [0.1, 0.15) is 18.4 Å². The molecule has 0 saturated heterocycles. The van der Waals surface area contributed by atoms with Crippen molar-refractivity contribution in [2.75, 3.05) is 25.2 Å². The molecular formula is C13H19ClO4S. The molecule has 0 spiro atoms. The van der Waals surface area contributed by atoms with Crippen molar-refractivity contribution in [3.05, 3.63) is 34.9 Å². The first kappa shape index (κ1) is 16.4. The van der Waals surface area contributed by atoms with Crippen LogP contribution in [0.3, 0.4) is 0 Å². The Hall–Kier alpha value is -0.620. The highest BCUT2D eigenvalue weighted by Crippen LogP contribution is 2.30. The lowest BCUT2D eigenvalue weighted by molar-refractivity contribution is 0.109. The number of hydrogen-bond donors (Lipinski definition) is 2. The lowest BCUT2D eigenvalue weighted by Gasteiger charge is -2.30. The van der Waals surface area contributed by atoms with Gasteiger partial charge in [0.25, 0.3) is 0 Å². The van der Waals surface area contributed by atoms with Gasteiger partial charge in [0.05, 0.1) is 13.2 Å². The summed E-state index contributed by atoms with van der Waals surface area (Å²) < 4.78 is 22.3. The standard InChI is InChI=1S/C13H19ClO4S/c1-19(17,18)8-2-7-13(9-15,10-16)11-3-5-12(14)6-4-11/h3-6,15-16H,2,7-10H2,1H3. The Labute approximate surface area is 119 Å². The molecule has 0 unspecified atom stereocenters. The van der Waals surface area contributed by atoms with Gasteiger partial charge in [-0.15, -0.1) is 0 Å². The summed E-state index contributed by atoms with van der Waals surface area (Å²) in [6, 6.07) is 6.87. The molecule has 1 rings (SSSR count). The Kier molecular flexibility index (Phi) is 5.80. The highest BCUT2D eigenvalue weighted by Gasteiger charge is 2.30. The maximum atomic E-state index is 11.1. The van der Waals surface area contributed by atoms with Crippen LogP contribution in [0.2, 0.25) is 5.02 Å². The van der Waals surface area contributed by atoms with E-state index in [9.17, 15) is 18.6 Å². The highest BCUT2D eigenvalue weighted by molar-refractivity contribution is 7.90. The molecule has 4 nitrogen and oxygen atoms in total. The molecule has 0 aromatic heterocycles. The Morgan fingerprint density at radius 1 is 1.16 bits per heavy atom. The van der Waals surface area contributed by atoms with Gasteiger partial charge in [0.1, 0.15) is 9.84 Å². The van der Waals surface area contributed by atoms with E-state index in [-0.39, 0.29) is 19.0 Å². The number of halogens is 1. The molecule has 0 aliphatic carbocycles. The summed E-state index contributed by atoms with van der Waals surface area (Å²) >= 11 is 5.81. The molecule has 6 heteroatoms. The molecule has 0 bridgehead atoms. The number of hydrogen-bond acceptors (Lipinski definition) is 4.